The van der Waals surface area contributed by atoms with Gasteiger partial charge in [0.2, 0.25) is 0 Å². The summed E-state index contributed by atoms with van der Waals surface area (Å²) in [6, 6.07) is 4.03. The highest BCUT2D eigenvalue weighted by Crippen LogP contribution is 2.35. The van der Waals surface area contributed by atoms with Crippen molar-refractivity contribution in [1.82, 2.24) is 15.5 Å². The summed E-state index contributed by atoms with van der Waals surface area (Å²) in [6.07, 6.45) is -4.47. The third-order valence-electron chi connectivity index (χ3n) is 4.32. The van der Waals surface area contributed by atoms with E-state index < -0.39 is 17.3 Å². The maximum absolute atomic E-state index is 13.5. The van der Waals surface area contributed by atoms with Crippen LogP contribution in [-0.4, -0.2) is 62.9 Å². The molecule has 1 aliphatic rings. The van der Waals surface area contributed by atoms with Gasteiger partial charge in [-0.05, 0) is 45.5 Å². The van der Waals surface area contributed by atoms with Crippen LogP contribution in [0.2, 0.25) is 0 Å². The second-order valence-corrected chi connectivity index (χ2v) is 8.09. The first kappa shape index (κ1) is 26.8. The van der Waals surface area contributed by atoms with E-state index in [4.69, 9.17) is 9.47 Å². The lowest BCUT2D eigenvalue weighted by atomic mass is 10.1. The highest BCUT2D eigenvalue weighted by atomic mass is 127. The Morgan fingerprint density at radius 2 is 1.97 bits per heavy atom. The Bertz CT molecular complexity index is 708. The smallest absolute Gasteiger partial charge is 0.416 e. The van der Waals surface area contributed by atoms with Gasteiger partial charge in [0.1, 0.15) is 11.4 Å². The third-order valence-corrected chi connectivity index (χ3v) is 4.32. The van der Waals surface area contributed by atoms with Crippen LogP contribution in [0.25, 0.3) is 0 Å². The molecule has 2 rings (SSSR count). The predicted octanol–water partition coefficient (Wildman–Crippen LogP) is 3.50. The van der Waals surface area contributed by atoms with Gasteiger partial charge in [-0.25, -0.2) is 0 Å². The molecular formula is C20H32F3IN4O2. The molecule has 0 spiro atoms. The number of aliphatic imine (C=N–C) groups is 1. The predicted molar refractivity (Wildman–Crippen MR) is 123 cm³/mol. The Labute approximate surface area is 193 Å². The van der Waals surface area contributed by atoms with Gasteiger partial charge in [-0.3, -0.25) is 4.99 Å². The van der Waals surface area contributed by atoms with Crippen LogP contribution in [0.1, 0.15) is 31.9 Å². The van der Waals surface area contributed by atoms with E-state index in [-0.39, 0.29) is 47.9 Å². The van der Waals surface area contributed by atoms with Gasteiger partial charge in [-0.2, -0.15) is 13.2 Å². The van der Waals surface area contributed by atoms with Crippen LogP contribution in [0.5, 0.6) is 5.75 Å². The normalized spacial score (nSPS) is 18.5. The molecule has 1 aromatic rings. The summed E-state index contributed by atoms with van der Waals surface area (Å²) in [4.78, 5) is 6.25. The van der Waals surface area contributed by atoms with E-state index in [1.54, 1.807) is 33.9 Å². The number of nitrogens with one attached hydrogen (secondary N) is 2. The quantitative estimate of drug-likeness (QED) is 0.338. The van der Waals surface area contributed by atoms with Gasteiger partial charge in [0.15, 0.2) is 5.96 Å². The minimum atomic E-state index is -4.48. The first-order valence-electron chi connectivity index (χ1n) is 9.62. The zero-order chi connectivity index (χ0) is 21.7. The number of nitrogens with zero attached hydrogens (tertiary/aromatic N) is 2. The molecule has 1 atom stereocenters. The molecule has 0 aliphatic carbocycles. The molecule has 172 valence electrons. The van der Waals surface area contributed by atoms with E-state index in [0.717, 1.165) is 19.2 Å². The summed E-state index contributed by atoms with van der Waals surface area (Å²) >= 11 is 0. The van der Waals surface area contributed by atoms with Crippen LogP contribution in [0.4, 0.5) is 13.2 Å². The topological polar surface area (TPSA) is 58.1 Å². The van der Waals surface area contributed by atoms with E-state index in [2.05, 4.69) is 20.5 Å². The van der Waals surface area contributed by atoms with E-state index in [1.807, 2.05) is 7.05 Å². The first-order valence-corrected chi connectivity index (χ1v) is 9.62. The van der Waals surface area contributed by atoms with Crippen molar-refractivity contribution in [2.24, 2.45) is 4.99 Å². The van der Waals surface area contributed by atoms with Crippen molar-refractivity contribution in [3.05, 3.63) is 29.3 Å². The van der Waals surface area contributed by atoms with Gasteiger partial charge in [-0.15, -0.1) is 24.0 Å². The molecule has 30 heavy (non-hydrogen) atoms. The number of rotatable bonds is 5. The summed E-state index contributed by atoms with van der Waals surface area (Å²) in [7, 11) is 3.60. The number of halogens is 4. The largest absolute Gasteiger partial charge is 0.488 e. The summed E-state index contributed by atoms with van der Waals surface area (Å²) in [6.45, 7) is 8.21. The second-order valence-electron chi connectivity index (χ2n) is 8.09. The highest BCUT2D eigenvalue weighted by molar-refractivity contribution is 14.0. The maximum Gasteiger partial charge on any atom is 0.416 e. The van der Waals surface area contributed by atoms with Crippen molar-refractivity contribution < 1.29 is 22.6 Å². The molecule has 0 aromatic heterocycles. The fourth-order valence-corrected chi connectivity index (χ4v) is 2.99. The zero-order valence-electron chi connectivity index (χ0n) is 18.1. The molecule has 1 aromatic carbocycles. The molecule has 0 saturated carbocycles. The van der Waals surface area contributed by atoms with E-state index >= 15 is 0 Å². The number of likely N-dealkylation sites (N-methyl/N-ethyl adjacent to an activating group) is 1. The SMILES string of the molecule is CN=C(NCc1ccc(OC(C)(C)C)cc1C(F)(F)F)NCC1CN(C)CCO1.I. The molecule has 0 radical (unpaired) electrons. The number of ether oxygens (including phenoxy) is 2. The van der Waals surface area contributed by atoms with Gasteiger partial charge in [0.05, 0.1) is 18.3 Å². The molecule has 10 heteroatoms. The molecule has 1 aliphatic heterocycles. The molecule has 2 N–H and O–H groups in total. The van der Waals surface area contributed by atoms with Crippen LogP contribution in [0.15, 0.2) is 23.2 Å². The van der Waals surface area contributed by atoms with Gasteiger partial charge >= 0.3 is 6.18 Å². The number of morpholine rings is 1. The van der Waals surface area contributed by atoms with Gasteiger partial charge in [0.25, 0.3) is 0 Å². The Morgan fingerprint density at radius 1 is 1.27 bits per heavy atom. The summed E-state index contributed by atoms with van der Waals surface area (Å²) in [5.41, 5.74) is -1.18. The van der Waals surface area contributed by atoms with Crippen molar-refractivity contribution in [3.63, 3.8) is 0 Å². The lowest BCUT2D eigenvalue weighted by Crippen LogP contribution is -2.48. The minimum absolute atomic E-state index is 0. The summed E-state index contributed by atoms with van der Waals surface area (Å²) in [5, 5.41) is 6.06. The van der Waals surface area contributed by atoms with Crippen molar-refractivity contribution in [2.45, 2.75) is 45.2 Å². The van der Waals surface area contributed by atoms with Crippen molar-refractivity contribution in [2.75, 3.05) is 40.3 Å². The fourth-order valence-electron chi connectivity index (χ4n) is 2.99. The average molecular weight is 544 g/mol. The van der Waals surface area contributed by atoms with Gasteiger partial charge in [-0.1, -0.05) is 6.07 Å². The Morgan fingerprint density at radius 3 is 2.53 bits per heavy atom. The third kappa shape index (κ3) is 8.84. The Hall–Kier alpha value is -1.27. The first-order chi connectivity index (χ1) is 13.5. The standard InChI is InChI=1S/C20H31F3N4O2.HI/c1-19(2,3)29-15-7-6-14(17(10-15)20(21,22)23)11-25-18(24-4)26-12-16-13-27(5)8-9-28-16;/h6-7,10,16H,8-9,11-13H2,1-5H3,(H2,24,25,26);1H. The van der Waals surface area contributed by atoms with Crippen LogP contribution in [-0.2, 0) is 17.5 Å². The van der Waals surface area contributed by atoms with Crippen LogP contribution in [0.3, 0.4) is 0 Å². The molecule has 0 bridgehead atoms. The number of alkyl halides is 3. The van der Waals surface area contributed by atoms with E-state index in [1.165, 1.54) is 6.07 Å². The van der Waals surface area contributed by atoms with Crippen LogP contribution in [0, 0.1) is 0 Å². The molecule has 1 saturated heterocycles. The fraction of sp³-hybridized carbons (Fsp3) is 0.650. The number of hydrogen-bond donors (Lipinski definition) is 2. The molecule has 1 heterocycles. The van der Waals surface area contributed by atoms with E-state index in [0.29, 0.717) is 19.1 Å². The van der Waals surface area contributed by atoms with Gasteiger partial charge < -0.3 is 25.0 Å². The van der Waals surface area contributed by atoms with Gasteiger partial charge in [0, 0.05) is 33.2 Å². The second kappa shape index (κ2) is 11.4. The monoisotopic (exact) mass is 544 g/mol. The molecular weight excluding hydrogens is 512 g/mol. The zero-order valence-corrected chi connectivity index (χ0v) is 20.4. The van der Waals surface area contributed by atoms with Crippen molar-refractivity contribution >= 4 is 29.9 Å². The van der Waals surface area contributed by atoms with Crippen molar-refractivity contribution in [1.29, 1.82) is 0 Å². The molecule has 1 unspecified atom stereocenters. The highest BCUT2D eigenvalue weighted by Gasteiger charge is 2.34. The number of guanidine groups is 1. The average Bonchev–Trinajstić information content (AvgIpc) is 2.60. The number of hydrogen-bond acceptors (Lipinski definition) is 4. The van der Waals surface area contributed by atoms with Crippen LogP contribution < -0.4 is 15.4 Å². The molecule has 0 amide bonds. The Balaban J connectivity index is 0.00000450. The lowest BCUT2D eigenvalue weighted by molar-refractivity contribution is -0.138. The summed E-state index contributed by atoms with van der Waals surface area (Å²) < 4.78 is 51.9. The number of benzene rings is 1. The minimum Gasteiger partial charge on any atom is -0.488 e. The Kier molecular flexibility index (Phi) is 10.2. The summed E-state index contributed by atoms with van der Waals surface area (Å²) in [5.74, 6) is 0.611. The molecule has 6 nitrogen and oxygen atoms in total. The maximum atomic E-state index is 13.5. The van der Waals surface area contributed by atoms with Crippen LogP contribution >= 0.6 is 24.0 Å². The van der Waals surface area contributed by atoms with Crippen molar-refractivity contribution in [3.8, 4) is 5.75 Å². The lowest BCUT2D eigenvalue weighted by Gasteiger charge is -2.30. The van der Waals surface area contributed by atoms with E-state index in [9.17, 15) is 13.2 Å². The molecule has 1 fully saturated rings.